The summed E-state index contributed by atoms with van der Waals surface area (Å²) >= 11 is 0. The second kappa shape index (κ2) is 4.84. The van der Waals surface area contributed by atoms with E-state index in [2.05, 4.69) is 55.4 Å². The Morgan fingerprint density at radius 2 is 1.41 bits per heavy atom. The van der Waals surface area contributed by atoms with Gasteiger partial charge < -0.3 is 0 Å². The molecule has 1 aliphatic carbocycles. The third-order valence-electron chi connectivity index (χ3n) is 4.02. The number of hydrogen-bond acceptors (Lipinski definition) is 0. The number of hydrogen-bond donors (Lipinski definition) is 0. The Bertz CT molecular complexity index is 406. The summed E-state index contributed by atoms with van der Waals surface area (Å²) in [4.78, 5) is 0. The molecular weight excluding hydrogens is 204 g/mol. The molecule has 1 aliphatic rings. The Kier molecular flexibility index (Phi) is 4.06. The van der Waals surface area contributed by atoms with Gasteiger partial charge in [0.2, 0.25) is 0 Å². The fourth-order valence-corrected chi connectivity index (χ4v) is 3.14. The maximum atomic E-state index is 2.34. The van der Waals surface area contributed by atoms with Gasteiger partial charge in [-0.15, -0.1) is 0 Å². The molecule has 1 rings (SSSR count). The van der Waals surface area contributed by atoms with E-state index in [1.807, 2.05) is 0 Å². The summed E-state index contributed by atoms with van der Waals surface area (Å²) in [6.45, 7) is 18.5. The van der Waals surface area contributed by atoms with Gasteiger partial charge in [0, 0.05) is 0 Å². The first kappa shape index (κ1) is 14.3. The fraction of sp³-hybridized carbons (Fsp3) is 0.647. The molecule has 0 bridgehead atoms. The minimum atomic E-state index is 0.252. The van der Waals surface area contributed by atoms with Crippen molar-refractivity contribution >= 4 is 0 Å². The lowest BCUT2D eigenvalue weighted by Gasteiger charge is -2.28. The van der Waals surface area contributed by atoms with Crippen LogP contribution in [-0.4, -0.2) is 0 Å². The van der Waals surface area contributed by atoms with Crippen LogP contribution < -0.4 is 0 Å². The summed E-state index contributed by atoms with van der Waals surface area (Å²) in [6.07, 6.45) is 2.28. The molecule has 0 spiro atoms. The average molecular weight is 232 g/mol. The van der Waals surface area contributed by atoms with Gasteiger partial charge in [-0.25, -0.2) is 0 Å². The molecule has 0 radical (unpaired) electrons. The van der Waals surface area contributed by atoms with Crippen LogP contribution in [0.15, 0.2) is 33.4 Å². The lowest BCUT2D eigenvalue weighted by molar-refractivity contribution is 0.500. The Labute approximate surface area is 108 Å². The molecule has 96 valence electrons. The predicted octanol–water partition coefficient (Wildman–Crippen LogP) is 5.82. The third kappa shape index (κ3) is 2.73. The van der Waals surface area contributed by atoms with Crippen LogP contribution in [-0.2, 0) is 0 Å². The number of allylic oxidation sites excluding steroid dienone is 6. The van der Waals surface area contributed by atoms with Crippen LogP contribution in [0.2, 0.25) is 0 Å². The molecule has 0 heterocycles. The van der Waals surface area contributed by atoms with Gasteiger partial charge in [0.1, 0.15) is 0 Å². The lowest BCUT2D eigenvalue weighted by Crippen LogP contribution is -2.14. The van der Waals surface area contributed by atoms with Crippen LogP contribution in [0.5, 0.6) is 0 Å². The summed E-state index contributed by atoms with van der Waals surface area (Å²) in [7, 11) is 0. The highest BCUT2D eigenvalue weighted by Crippen LogP contribution is 2.42. The molecule has 0 unspecified atom stereocenters. The molecule has 0 amide bonds. The van der Waals surface area contributed by atoms with Crippen molar-refractivity contribution in [2.75, 3.05) is 0 Å². The van der Waals surface area contributed by atoms with Crippen molar-refractivity contribution in [2.24, 2.45) is 5.41 Å². The SMILES string of the molecule is CCC1=C(C)C(C)=C(C)CC(C)=C1C(C)(C)C. The fourth-order valence-electron chi connectivity index (χ4n) is 3.14. The van der Waals surface area contributed by atoms with E-state index in [9.17, 15) is 0 Å². The van der Waals surface area contributed by atoms with Crippen LogP contribution in [0.1, 0.15) is 68.2 Å². The van der Waals surface area contributed by atoms with E-state index in [-0.39, 0.29) is 5.41 Å². The zero-order valence-corrected chi connectivity index (χ0v) is 12.9. The van der Waals surface area contributed by atoms with Crippen LogP contribution >= 0.6 is 0 Å². The average Bonchev–Trinajstić information content (AvgIpc) is 2.27. The van der Waals surface area contributed by atoms with E-state index in [0.717, 1.165) is 12.8 Å². The molecule has 0 aromatic heterocycles. The third-order valence-corrected chi connectivity index (χ3v) is 4.02. The molecule has 0 aromatic carbocycles. The number of rotatable bonds is 1. The van der Waals surface area contributed by atoms with Crippen LogP contribution in [0.4, 0.5) is 0 Å². The van der Waals surface area contributed by atoms with Gasteiger partial charge in [-0.1, -0.05) is 38.8 Å². The molecule has 0 heteroatoms. The van der Waals surface area contributed by atoms with E-state index < -0.39 is 0 Å². The molecule has 0 atom stereocenters. The summed E-state index contributed by atoms with van der Waals surface area (Å²) in [5.74, 6) is 0. The minimum absolute atomic E-state index is 0.252. The highest BCUT2D eigenvalue weighted by Gasteiger charge is 2.26. The largest absolute Gasteiger partial charge is 0.0661 e. The van der Waals surface area contributed by atoms with Gasteiger partial charge in [0.25, 0.3) is 0 Å². The summed E-state index contributed by atoms with van der Waals surface area (Å²) < 4.78 is 0. The lowest BCUT2D eigenvalue weighted by atomic mass is 9.77. The van der Waals surface area contributed by atoms with Crippen molar-refractivity contribution in [3.05, 3.63) is 33.4 Å². The topological polar surface area (TPSA) is 0 Å². The van der Waals surface area contributed by atoms with Gasteiger partial charge in [-0.2, -0.15) is 0 Å². The first-order valence-electron chi connectivity index (χ1n) is 6.77. The molecule has 17 heavy (non-hydrogen) atoms. The van der Waals surface area contributed by atoms with Gasteiger partial charge >= 0.3 is 0 Å². The molecular formula is C17H28. The van der Waals surface area contributed by atoms with Crippen molar-refractivity contribution in [1.82, 2.24) is 0 Å². The van der Waals surface area contributed by atoms with E-state index >= 15 is 0 Å². The summed E-state index contributed by atoms with van der Waals surface area (Å²) in [6, 6.07) is 0. The van der Waals surface area contributed by atoms with Crippen LogP contribution in [0.25, 0.3) is 0 Å². The molecule has 0 fully saturated rings. The van der Waals surface area contributed by atoms with Crippen LogP contribution in [0.3, 0.4) is 0 Å². The van der Waals surface area contributed by atoms with Crippen molar-refractivity contribution in [1.29, 1.82) is 0 Å². The normalized spacial score (nSPS) is 19.1. The van der Waals surface area contributed by atoms with E-state index in [1.54, 1.807) is 16.7 Å². The molecule has 0 nitrogen and oxygen atoms in total. The van der Waals surface area contributed by atoms with E-state index in [4.69, 9.17) is 0 Å². The van der Waals surface area contributed by atoms with Crippen molar-refractivity contribution in [2.45, 2.75) is 68.2 Å². The Morgan fingerprint density at radius 3 is 1.82 bits per heavy atom. The molecule has 0 aromatic rings. The predicted molar refractivity (Wildman–Crippen MR) is 78.1 cm³/mol. The first-order valence-corrected chi connectivity index (χ1v) is 6.77. The van der Waals surface area contributed by atoms with E-state index in [1.165, 1.54) is 16.7 Å². The molecule has 0 saturated carbocycles. The zero-order valence-electron chi connectivity index (χ0n) is 12.9. The van der Waals surface area contributed by atoms with E-state index in [0.29, 0.717) is 0 Å². The van der Waals surface area contributed by atoms with Gasteiger partial charge in [0.05, 0.1) is 0 Å². The highest BCUT2D eigenvalue weighted by molar-refractivity contribution is 5.51. The monoisotopic (exact) mass is 232 g/mol. The van der Waals surface area contributed by atoms with Gasteiger partial charge in [0.15, 0.2) is 0 Å². The summed E-state index contributed by atoms with van der Waals surface area (Å²) in [5.41, 5.74) is 9.51. The van der Waals surface area contributed by atoms with Crippen molar-refractivity contribution < 1.29 is 0 Å². The molecule has 0 N–H and O–H groups in total. The second-order valence-corrected chi connectivity index (χ2v) is 6.44. The second-order valence-electron chi connectivity index (χ2n) is 6.44. The van der Waals surface area contributed by atoms with Gasteiger partial charge in [-0.05, 0) is 68.2 Å². The molecule has 0 aliphatic heterocycles. The quantitative estimate of drug-likeness (QED) is 0.534. The van der Waals surface area contributed by atoms with Gasteiger partial charge in [-0.3, -0.25) is 0 Å². The minimum Gasteiger partial charge on any atom is -0.0661 e. The van der Waals surface area contributed by atoms with Crippen molar-refractivity contribution in [3.63, 3.8) is 0 Å². The maximum Gasteiger partial charge on any atom is -0.0102 e. The smallest absolute Gasteiger partial charge is 0.0102 e. The maximum absolute atomic E-state index is 2.34. The Balaban J connectivity index is 3.54. The Morgan fingerprint density at radius 1 is 0.882 bits per heavy atom. The van der Waals surface area contributed by atoms with Crippen molar-refractivity contribution in [3.8, 4) is 0 Å². The zero-order chi connectivity index (χ0) is 13.4. The molecule has 0 saturated heterocycles. The Hall–Kier alpha value is -0.780. The summed E-state index contributed by atoms with van der Waals surface area (Å²) in [5, 5.41) is 0. The highest BCUT2D eigenvalue weighted by atomic mass is 14.3. The standard InChI is InChI=1S/C17H28/c1-9-15-14(5)13(4)11(2)10-12(3)16(15)17(6,7)8/h9-10H2,1-8H3. The van der Waals surface area contributed by atoms with Crippen LogP contribution in [0, 0.1) is 5.41 Å². The first-order chi connectivity index (χ1) is 7.70.